The van der Waals surface area contributed by atoms with E-state index in [4.69, 9.17) is 4.74 Å². The number of nitrogens with one attached hydrogen (secondary N) is 1. The number of benzene rings is 1. The van der Waals surface area contributed by atoms with Crippen molar-refractivity contribution in [2.24, 2.45) is 0 Å². The second-order valence-corrected chi connectivity index (χ2v) is 10.2. The molecule has 2 unspecified atom stereocenters. The number of anilines is 1. The molecule has 0 aliphatic carbocycles. The molecule has 2 N–H and O–H groups in total. The summed E-state index contributed by atoms with van der Waals surface area (Å²) in [5.74, 6) is 0.232. The molecular formula is C18H28AsNO4. The first-order chi connectivity index (χ1) is 11.3. The number of ether oxygens (including phenoxy) is 1. The predicted molar refractivity (Wildman–Crippen MR) is 98.5 cm³/mol. The van der Waals surface area contributed by atoms with Crippen molar-refractivity contribution in [1.29, 1.82) is 0 Å². The Morgan fingerprint density at radius 1 is 1.33 bits per heavy atom. The number of hydrogen-bond donors (Lipinski definition) is 2. The molecule has 1 aromatic rings. The van der Waals surface area contributed by atoms with Gasteiger partial charge in [-0.1, -0.05) is 6.92 Å². The monoisotopic (exact) mass is 397 g/mol. The topological polar surface area (TPSA) is 75.6 Å². The Morgan fingerprint density at radius 3 is 2.62 bits per heavy atom. The molecule has 0 aromatic heterocycles. The van der Waals surface area contributed by atoms with Crippen molar-refractivity contribution < 1.29 is 19.4 Å². The van der Waals surface area contributed by atoms with Gasteiger partial charge in [-0.05, 0) is 0 Å². The fourth-order valence-electron chi connectivity index (χ4n) is 2.08. The molecule has 6 heteroatoms. The fraction of sp³-hybridized carbons (Fsp3) is 0.556. The number of Topliss-reactive ketones (excluding diaryl/α,β-unsaturated/α-hetero) is 1. The summed E-state index contributed by atoms with van der Waals surface area (Å²) < 4.78 is 6.29. The summed E-state index contributed by atoms with van der Waals surface area (Å²) in [6, 6.07) is 5.01. The summed E-state index contributed by atoms with van der Waals surface area (Å²) in [6.45, 7) is 7.89. The van der Waals surface area contributed by atoms with Crippen LogP contribution in [0.25, 0.3) is 0 Å². The molecule has 24 heavy (non-hydrogen) atoms. The zero-order valence-corrected chi connectivity index (χ0v) is 17.0. The third kappa shape index (κ3) is 7.50. The van der Waals surface area contributed by atoms with E-state index in [2.05, 4.69) is 19.2 Å². The third-order valence-electron chi connectivity index (χ3n) is 3.31. The number of hydrogen-bond acceptors (Lipinski definition) is 4. The Balaban J connectivity index is 2.73. The van der Waals surface area contributed by atoms with E-state index < -0.39 is 6.10 Å². The molecule has 134 valence electrons. The van der Waals surface area contributed by atoms with E-state index in [0.717, 1.165) is 11.6 Å². The van der Waals surface area contributed by atoms with Crippen molar-refractivity contribution in [3.05, 3.63) is 23.8 Å². The molecule has 0 fully saturated rings. The molecule has 0 saturated carbocycles. The second-order valence-electron chi connectivity index (χ2n) is 6.09. The van der Waals surface area contributed by atoms with Gasteiger partial charge >= 0.3 is 144 Å². The SMILES string of the molecule is CCCC(=O)Nc1ccc(OCC(O)C[AsH]C(C)C)c(C(C)=O)c1. The number of rotatable bonds is 10. The quantitative estimate of drug-likeness (QED) is 0.470. The Kier molecular flexibility index (Phi) is 9.09. The van der Waals surface area contributed by atoms with Crippen molar-refractivity contribution in [2.45, 2.75) is 56.6 Å². The van der Waals surface area contributed by atoms with Gasteiger partial charge in [-0.15, -0.1) is 0 Å². The van der Waals surface area contributed by atoms with Gasteiger partial charge in [0.25, 0.3) is 0 Å². The van der Waals surface area contributed by atoms with Crippen LogP contribution in [0.1, 0.15) is 50.9 Å². The van der Waals surface area contributed by atoms with Crippen LogP contribution in [-0.2, 0) is 4.79 Å². The first kappa shape index (κ1) is 20.7. The van der Waals surface area contributed by atoms with Crippen LogP contribution in [-0.4, -0.2) is 45.3 Å². The van der Waals surface area contributed by atoms with Gasteiger partial charge in [0.05, 0.1) is 0 Å². The Labute approximate surface area is 150 Å². The molecule has 1 rings (SSSR count). The molecule has 0 spiro atoms. The van der Waals surface area contributed by atoms with Crippen LogP contribution >= 0.6 is 0 Å². The number of amides is 1. The van der Waals surface area contributed by atoms with Crippen LogP contribution in [0.5, 0.6) is 5.75 Å². The van der Waals surface area contributed by atoms with Crippen LogP contribution in [0.15, 0.2) is 18.2 Å². The van der Waals surface area contributed by atoms with Gasteiger partial charge in [-0.25, -0.2) is 0 Å². The average molecular weight is 397 g/mol. The third-order valence-corrected chi connectivity index (χ3v) is 6.51. The van der Waals surface area contributed by atoms with E-state index >= 15 is 0 Å². The Bertz CT molecular complexity index is 560. The van der Waals surface area contributed by atoms with Crippen LogP contribution in [0.3, 0.4) is 0 Å². The number of ketones is 1. The molecule has 0 heterocycles. The van der Waals surface area contributed by atoms with Gasteiger partial charge in [0, 0.05) is 0 Å². The molecule has 2 atom stereocenters. The Morgan fingerprint density at radius 2 is 2.04 bits per heavy atom. The molecule has 0 aliphatic heterocycles. The van der Waals surface area contributed by atoms with Gasteiger partial charge < -0.3 is 0 Å². The van der Waals surface area contributed by atoms with E-state index in [-0.39, 0.29) is 34.0 Å². The van der Waals surface area contributed by atoms with E-state index in [9.17, 15) is 14.7 Å². The molecular weight excluding hydrogens is 369 g/mol. The summed E-state index contributed by atoms with van der Waals surface area (Å²) in [5.41, 5.74) is 0.995. The average Bonchev–Trinajstić information content (AvgIpc) is 2.51. The summed E-state index contributed by atoms with van der Waals surface area (Å²) in [5, 5.41) is 13.5. The van der Waals surface area contributed by atoms with Crippen molar-refractivity contribution in [3.63, 3.8) is 0 Å². The van der Waals surface area contributed by atoms with Crippen molar-refractivity contribution >= 4 is 33.1 Å². The van der Waals surface area contributed by atoms with Gasteiger partial charge in [0.1, 0.15) is 0 Å². The summed E-state index contributed by atoms with van der Waals surface area (Å²) in [7, 11) is 0. The van der Waals surface area contributed by atoms with Crippen molar-refractivity contribution in [3.8, 4) is 5.75 Å². The number of carbonyl (C=O) groups is 2. The van der Waals surface area contributed by atoms with E-state index in [1.807, 2.05) is 6.92 Å². The maximum absolute atomic E-state index is 11.8. The number of aliphatic hydroxyl groups excluding tert-OH is 1. The van der Waals surface area contributed by atoms with Gasteiger partial charge in [-0.3, -0.25) is 0 Å². The molecule has 0 aliphatic rings. The molecule has 0 bridgehead atoms. The van der Waals surface area contributed by atoms with E-state index in [1.165, 1.54) is 6.92 Å². The summed E-state index contributed by atoms with van der Waals surface area (Å²) >= 11 is -0.174. The zero-order valence-electron chi connectivity index (χ0n) is 14.9. The first-order valence-electron chi connectivity index (χ1n) is 8.32. The van der Waals surface area contributed by atoms with Crippen LogP contribution < -0.4 is 10.1 Å². The minimum absolute atomic E-state index is 0.0748. The van der Waals surface area contributed by atoms with E-state index in [1.54, 1.807) is 18.2 Å². The Hall–Kier alpha value is -1.32. The van der Waals surface area contributed by atoms with Crippen molar-refractivity contribution in [1.82, 2.24) is 0 Å². The van der Waals surface area contributed by atoms with Gasteiger partial charge in [-0.2, -0.15) is 0 Å². The normalized spacial score (nSPS) is 12.6. The summed E-state index contributed by atoms with van der Waals surface area (Å²) in [4.78, 5) is 23.5. The van der Waals surface area contributed by atoms with Crippen LogP contribution in [0.4, 0.5) is 5.69 Å². The van der Waals surface area contributed by atoms with Crippen molar-refractivity contribution in [2.75, 3.05) is 11.9 Å². The first-order valence-corrected chi connectivity index (χ1v) is 11.0. The molecule has 1 amide bonds. The molecule has 0 radical (unpaired) electrons. The zero-order chi connectivity index (χ0) is 18.1. The van der Waals surface area contributed by atoms with Crippen LogP contribution in [0, 0.1) is 0 Å². The summed E-state index contributed by atoms with van der Waals surface area (Å²) in [6.07, 6.45) is 0.708. The minimum atomic E-state index is -0.504. The second kappa shape index (κ2) is 10.5. The van der Waals surface area contributed by atoms with Gasteiger partial charge in [0.15, 0.2) is 0 Å². The molecule has 5 nitrogen and oxygen atoms in total. The van der Waals surface area contributed by atoms with Gasteiger partial charge in [0.2, 0.25) is 0 Å². The number of carbonyl (C=O) groups excluding carboxylic acids is 2. The van der Waals surface area contributed by atoms with E-state index in [0.29, 0.717) is 28.1 Å². The fourth-order valence-corrected chi connectivity index (χ4v) is 3.88. The van der Waals surface area contributed by atoms with Crippen LogP contribution in [0.2, 0.25) is 9.91 Å². The number of aliphatic hydroxyl groups is 1. The maximum atomic E-state index is 11.8. The molecule has 0 saturated heterocycles. The standard InChI is InChI=1S/C18H28AsNO4/c1-5-6-18(23)20-14-7-8-17(16(9-14)13(4)21)24-11-15(22)10-19-12(2)3/h7-9,12,15,19,22H,5-6,10-11H2,1-4H3,(H,20,23). The predicted octanol–water partition coefficient (Wildman–Crippen LogP) is 3.05. The molecule has 1 aromatic carbocycles.